The summed E-state index contributed by atoms with van der Waals surface area (Å²) in [6, 6.07) is 0. The summed E-state index contributed by atoms with van der Waals surface area (Å²) in [5, 5.41) is 17.6. The zero-order valence-electron chi connectivity index (χ0n) is 6.75. The lowest BCUT2D eigenvalue weighted by Crippen LogP contribution is -1.96. The highest BCUT2D eigenvalue weighted by Crippen LogP contribution is 2.05. The van der Waals surface area contributed by atoms with Gasteiger partial charge >= 0.3 is 0 Å². The number of aliphatic hydroxyl groups is 2. The van der Waals surface area contributed by atoms with Crippen LogP contribution in [0.15, 0.2) is 36.0 Å². The van der Waals surface area contributed by atoms with E-state index in [4.69, 9.17) is 10.2 Å². The van der Waals surface area contributed by atoms with Crippen LogP contribution in [-0.4, -0.2) is 23.4 Å². The molecule has 0 rings (SSSR count). The van der Waals surface area contributed by atoms with Gasteiger partial charge in [0.05, 0.1) is 13.2 Å². The van der Waals surface area contributed by atoms with Gasteiger partial charge in [-0.2, -0.15) is 0 Å². The molecule has 0 bridgehead atoms. The van der Waals surface area contributed by atoms with Gasteiger partial charge in [-0.25, -0.2) is 0 Å². The average Bonchev–Trinajstić information content (AvgIpc) is 2.05. The summed E-state index contributed by atoms with van der Waals surface area (Å²) in [6.07, 6.45) is 5.11. The minimum atomic E-state index is -0.0796. The van der Waals surface area contributed by atoms with Gasteiger partial charge in [0.15, 0.2) is 0 Å². The Labute approximate surface area is 67.2 Å². The van der Waals surface area contributed by atoms with Crippen LogP contribution >= 0.6 is 0 Å². The van der Waals surface area contributed by atoms with Crippen LogP contribution in [0.25, 0.3) is 0 Å². The molecule has 62 valence electrons. The Kier molecular flexibility index (Phi) is 5.43. The summed E-state index contributed by atoms with van der Waals surface area (Å²) < 4.78 is 0. The fourth-order valence-electron chi connectivity index (χ4n) is 0.760. The monoisotopic (exact) mass is 154 g/mol. The van der Waals surface area contributed by atoms with Crippen molar-refractivity contribution >= 4 is 0 Å². The molecule has 0 amide bonds. The molecule has 0 aromatic rings. The van der Waals surface area contributed by atoms with Crippen LogP contribution in [0.1, 0.15) is 6.92 Å². The number of aliphatic hydroxyl groups excluding tert-OH is 2. The van der Waals surface area contributed by atoms with Gasteiger partial charge in [-0.1, -0.05) is 24.8 Å². The van der Waals surface area contributed by atoms with E-state index in [1.54, 1.807) is 12.2 Å². The van der Waals surface area contributed by atoms with Crippen molar-refractivity contribution in [1.29, 1.82) is 0 Å². The van der Waals surface area contributed by atoms with Crippen molar-refractivity contribution in [3.63, 3.8) is 0 Å². The Morgan fingerprint density at radius 2 is 1.82 bits per heavy atom. The smallest absolute Gasteiger partial charge is 0.0685 e. The molecule has 0 heterocycles. The lowest BCUT2D eigenvalue weighted by atomic mass is 10.1. The lowest BCUT2D eigenvalue weighted by molar-refractivity contribution is 0.317. The fourth-order valence-corrected chi connectivity index (χ4v) is 0.760. The summed E-state index contributed by atoms with van der Waals surface area (Å²) in [5.41, 5.74) is 1.38. The third kappa shape index (κ3) is 3.16. The van der Waals surface area contributed by atoms with Gasteiger partial charge in [0.25, 0.3) is 0 Å². The molecule has 0 atom stereocenters. The van der Waals surface area contributed by atoms with E-state index in [1.807, 2.05) is 13.0 Å². The van der Waals surface area contributed by atoms with Crippen LogP contribution in [0.4, 0.5) is 0 Å². The van der Waals surface area contributed by atoms with Crippen molar-refractivity contribution in [2.75, 3.05) is 13.2 Å². The first-order chi connectivity index (χ1) is 5.29. The summed E-state index contributed by atoms with van der Waals surface area (Å²) in [5.74, 6) is 0. The molecule has 0 spiro atoms. The Bertz CT molecular complexity index is 178. The number of rotatable bonds is 4. The Hall–Kier alpha value is -0.860. The molecule has 2 nitrogen and oxygen atoms in total. The van der Waals surface area contributed by atoms with Crippen molar-refractivity contribution in [1.82, 2.24) is 0 Å². The second kappa shape index (κ2) is 5.89. The fraction of sp³-hybridized carbons (Fsp3) is 0.333. The van der Waals surface area contributed by atoms with Crippen molar-refractivity contribution < 1.29 is 10.2 Å². The highest BCUT2D eigenvalue weighted by molar-refractivity contribution is 5.32. The molecule has 0 aliphatic heterocycles. The maximum Gasteiger partial charge on any atom is 0.0685 e. The average molecular weight is 154 g/mol. The molecule has 0 saturated carbocycles. The number of allylic oxidation sites excluding steroid dienone is 1. The molecule has 2 N–H and O–H groups in total. The molecule has 0 unspecified atom stereocenters. The Morgan fingerprint density at radius 1 is 1.27 bits per heavy atom. The van der Waals surface area contributed by atoms with Crippen LogP contribution in [0.5, 0.6) is 0 Å². The molecule has 0 aromatic carbocycles. The summed E-state index contributed by atoms with van der Waals surface area (Å²) in [4.78, 5) is 0. The van der Waals surface area contributed by atoms with Crippen molar-refractivity contribution in [2.45, 2.75) is 6.92 Å². The van der Waals surface area contributed by atoms with E-state index in [0.29, 0.717) is 11.1 Å². The van der Waals surface area contributed by atoms with Gasteiger partial charge in [-0.05, 0) is 18.1 Å². The van der Waals surface area contributed by atoms with Crippen LogP contribution < -0.4 is 0 Å². The van der Waals surface area contributed by atoms with E-state index < -0.39 is 0 Å². The molecule has 0 aromatic heterocycles. The molecule has 0 aliphatic carbocycles. The molecule has 0 saturated heterocycles. The topological polar surface area (TPSA) is 40.5 Å². The van der Waals surface area contributed by atoms with E-state index >= 15 is 0 Å². The van der Waals surface area contributed by atoms with Crippen molar-refractivity contribution in [2.24, 2.45) is 0 Å². The third-order valence-corrected chi connectivity index (χ3v) is 1.37. The molecular formula is C9H14O2. The predicted octanol–water partition coefficient (Wildman–Crippen LogP) is 1.03. The minimum absolute atomic E-state index is 0.0632. The Balaban J connectivity index is 4.61. The largest absolute Gasteiger partial charge is 0.392 e. The summed E-state index contributed by atoms with van der Waals surface area (Å²) in [7, 11) is 0. The van der Waals surface area contributed by atoms with E-state index in [2.05, 4.69) is 6.58 Å². The van der Waals surface area contributed by atoms with Gasteiger partial charge in [-0.15, -0.1) is 0 Å². The SMILES string of the molecule is C=C/C(CO)=C(\C=C/C)CO. The van der Waals surface area contributed by atoms with Gasteiger partial charge in [0.1, 0.15) is 0 Å². The number of hydrogen-bond acceptors (Lipinski definition) is 2. The van der Waals surface area contributed by atoms with E-state index in [9.17, 15) is 0 Å². The van der Waals surface area contributed by atoms with E-state index in [-0.39, 0.29) is 13.2 Å². The maximum absolute atomic E-state index is 8.82. The summed E-state index contributed by atoms with van der Waals surface area (Å²) in [6.45, 7) is 5.23. The zero-order chi connectivity index (χ0) is 8.69. The van der Waals surface area contributed by atoms with E-state index in [0.717, 1.165) is 0 Å². The molecule has 0 fully saturated rings. The Morgan fingerprint density at radius 3 is 2.09 bits per heavy atom. The normalized spacial score (nSPS) is 13.4. The molecule has 2 heteroatoms. The lowest BCUT2D eigenvalue weighted by Gasteiger charge is -2.01. The number of hydrogen-bond donors (Lipinski definition) is 2. The van der Waals surface area contributed by atoms with Crippen molar-refractivity contribution in [3.05, 3.63) is 36.0 Å². The quantitative estimate of drug-likeness (QED) is 0.594. The maximum atomic E-state index is 8.82. The first kappa shape index (κ1) is 10.1. The van der Waals surface area contributed by atoms with Crippen LogP contribution in [0, 0.1) is 0 Å². The first-order valence-electron chi connectivity index (χ1n) is 3.49. The van der Waals surface area contributed by atoms with Gasteiger partial charge in [0, 0.05) is 0 Å². The first-order valence-corrected chi connectivity index (χ1v) is 3.49. The molecule has 0 aliphatic rings. The standard InChI is InChI=1S/C9H14O2/c1-3-5-9(7-11)8(4-2)6-10/h3-5,10-11H,2,6-7H2,1H3/b5-3-,9-8-. The second-order valence-electron chi connectivity index (χ2n) is 2.07. The molecular weight excluding hydrogens is 140 g/mol. The van der Waals surface area contributed by atoms with Crippen molar-refractivity contribution in [3.8, 4) is 0 Å². The van der Waals surface area contributed by atoms with Gasteiger partial charge < -0.3 is 10.2 Å². The third-order valence-electron chi connectivity index (χ3n) is 1.37. The highest BCUT2D eigenvalue weighted by Gasteiger charge is 1.96. The van der Waals surface area contributed by atoms with Crippen LogP contribution in [0.2, 0.25) is 0 Å². The second-order valence-corrected chi connectivity index (χ2v) is 2.07. The predicted molar refractivity (Wildman–Crippen MR) is 46.2 cm³/mol. The summed E-state index contributed by atoms with van der Waals surface area (Å²) >= 11 is 0. The molecule has 11 heavy (non-hydrogen) atoms. The highest BCUT2D eigenvalue weighted by atomic mass is 16.3. The van der Waals surface area contributed by atoms with E-state index in [1.165, 1.54) is 0 Å². The molecule has 0 radical (unpaired) electrons. The van der Waals surface area contributed by atoms with Crippen LogP contribution in [-0.2, 0) is 0 Å². The van der Waals surface area contributed by atoms with Gasteiger partial charge in [0.2, 0.25) is 0 Å². The van der Waals surface area contributed by atoms with Crippen LogP contribution in [0.3, 0.4) is 0 Å². The minimum Gasteiger partial charge on any atom is -0.392 e. The van der Waals surface area contributed by atoms with Gasteiger partial charge in [-0.3, -0.25) is 0 Å². The zero-order valence-corrected chi connectivity index (χ0v) is 6.75.